The maximum atomic E-state index is 13.6. The first-order valence-corrected chi connectivity index (χ1v) is 14.0. The molecule has 2 aliphatic rings. The van der Waals surface area contributed by atoms with E-state index < -0.39 is 46.6 Å². The van der Waals surface area contributed by atoms with Crippen molar-refractivity contribution in [3.8, 4) is 0 Å². The molecule has 12 heteroatoms. The Hall–Kier alpha value is -3.90. The number of benzene rings is 3. The summed E-state index contributed by atoms with van der Waals surface area (Å²) in [5.41, 5.74) is -4.14. The summed E-state index contributed by atoms with van der Waals surface area (Å²) < 4.78 is 87.4. The third-order valence-electron chi connectivity index (χ3n) is 8.34. The molecule has 1 N–H and O–H groups in total. The molecule has 1 spiro atoms. The fourth-order valence-corrected chi connectivity index (χ4v) is 5.84. The van der Waals surface area contributed by atoms with E-state index >= 15 is 0 Å². The Labute approximate surface area is 249 Å². The van der Waals surface area contributed by atoms with Crippen molar-refractivity contribution in [1.82, 2.24) is 10.4 Å². The van der Waals surface area contributed by atoms with Crippen molar-refractivity contribution in [2.45, 2.75) is 62.1 Å². The molecule has 3 atom stereocenters. The molecule has 1 amide bonds. The van der Waals surface area contributed by atoms with E-state index in [1.165, 1.54) is 12.0 Å². The van der Waals surface area contributed by atoms with Gasteiger partial charge >= 0.3 is 18.3 Å². The van der Waals surface area contributed by atoms with Crippen LogP contribution in [0.1, 0.15) is 71.3 Å². The van der Waals surface area contributed by atoms with Crippen molar-refractivity contribution in [3.63, 3.8) is 0 Å². The topological polar surface area (TPSA) is 67.9 Å². The third-order valence-corrected chi connectivity index (χ3v) is 8.34. The van der Waals surface area contributed by atoms with Crippen LogP contribution in [0, 0.1) is 0 Å². The van der Waals surface area contributed by atoms with E-state index in [1.807, 2.05) is 0 Å². The molecule has 0 radical (unpaired) electrons. The molecule has 2 heterocycles. The van der Waals surface area contributed by atoms with Gasteiger partial charge in [0.05, 0.1) is 41.5 Å². The minimum absolute atomic E-state index is 0.0723. The number of alkyl halides is 6. The maximum absolute atomic E-state index is 13.6. The van der Waals surface area contributed by atoms with Crippen LogP contribution < -0.4 is 5.32 Å². The van der Waals surface area contributed by atoms with E-state index in [4.69, 9.17) is 9.57 Å². The number of amides is 1. The zero-order valence-electron chi connectivity index (χ0n) is 23.7. The lowest BCUT2D eigenvalue weighted by Crippen LogP contribution is -2.63. The second-order valence-corrected chi connectivity index (χ2v) is 11.3. The molecule has 44 heavy (non-hydrogen) atoms. The minimum atomic E-state index is -5.01. The molecule has 0 aliphatic carbocycles. The number of hydroxylamine groups is 2. The number of rotatable bonds is 7. The summed E-state index contributed by atoms with van der Waals surface area (Å²) in [5, 5.41) is 4.46. The van der Waals surface area contributed by atoms with E-state index in [1.54, 1.807) is 60.7 Å². The summed E-state index contributed by atoms with van der Waals surface area (Å²) in [6, 6.07) is 18.5. The number of nitrogens with zero attached hydrogens (tertiary/aromatic N) is 1. The van der Waals surface area contributed by atoms with Gasteiger partial charge in [-0.25, -0.2) is 4.79 Å². The van der Waals surface area contributed by atoms with Gasteiger partial charge in [0.15, 0.2) is 0 Å². The number of hydrogen-bond acceptors (Lipinski definition) is 5. The van der Waals surface area contributed by atoms with Gasteiger partial charge in [0.1, 0.15) is 5.54 Å². The average molecular weight is 621 g/mol. The number of carbonyl (C=O) groups is 2. The molecule has 6 nitrogen and oxygen atoms in total. The smallest absolute Gasteiger partial charge is 0.371 e. The van der Waals surface area contributed by atoms with Crippen LogP contribution in [0.15, 0.2) is 78.9 Å². The Morgan fingerprint density at radius 1 is 0.886 bits per heavy atom. The highest BCUT2D eigenvalue weighted by Gasteiger charge is 2.53. The van der Waals surface area contributed by atoms with Crippen molar-refractivity contribution in [1.29, 1.82) is 0 Å². The number of piperidine rings is 1. The number of hydrogen-bond donors (Lipinski definition) is 1. The van der Waals surface area contributed by atoms with Crippen molar-refractivity contribution in [3.05, 3.63) is 107 Å². The molecule has 5 rings (SSSR count). The molecule has 234 valence electrons. The first kappa shape index (κ1) is 31.5. The summed E-state index contributed by atoms with van der Waals surface area (Å²) in [5.74, 6) is -0.811. The molecule has 2 fully saturated rings. The maximum Gasteiger partial charge on any atom is 0.416 e. The van der Waals surface area contributed by atoms with Gasteiger partial charge in [-0.3, -0.25) is 4.79 Å². The Kier molecular flexibility index (Phi) is 8.52. The zero-order chi connectivity index (χ0) is 31.8. The highest BCUT2D eigenvalue weighted by Crippen LogP contribution is 2.45. The largest absolute Gasteiger partial charge is 0.416 e. The fraction of sp³-hybridized carbons (Fsp3) is 0.375. The van der Waals surface area contributed by atoms with Crippen molar-refractivity contribution in [2.24, 2.45) is 0 Å². The Balaban J connectivity index is 1.51. The minimum Gasteiger partial charge on any atom is -0.371 e. The van der Waals surface area contributed by atoms with Gasteiger partial charge in [-0.15, -0.1) is 5.06 Å². The van der Waals surface area contributed by atoms with Gasteiger partial charge < -0.3 is 14.9 Å². The van der Waals surface area contributed by atoms with Crippen LogP contribution in [-0.2, 0) is 32.3 Å². The zero-order valence-corrected chi connectivity index (χ0v) is 23.7. The van der Waals surface area contributed by atoms with Gasteiger partial charge in [0.2, 0.25) is 5.91 Å². The van der Waals surface area contributed by atoms with E-state index in [0.29, 0.717) is 43.4 Å². The molecule has 3 aromatic rings. The summed E-state index contributed by atoms with van der Waals surface area (Å²) in [6.07, 6.45) is -9.66. The molecule has 0 bridgehead atoms. The summed E-state index contributed by atoms with van der Waals surface area (Å²) in [6.45, 7) is 1.21. The van der Waals surface area contributed by atoms with Crippen molar-refractivity contribution < 1.29 is 45.5 Å². The van der Waals surface area contributed by atoms with Gasteiger partial charge in [-0.05, 0) is 67.6 Å². The van der Waals surface area contributed by atoms with Crippen LogP contribution in [0.5, 0.6) is 0 Å². The van der Waals surface area contributed by atoms with Crippen LogP contribution >= 0.6 is 0 Å². The van der Waals surface area contributed by atoms with Crippen LogP contribution in [0.2, 0.25) is 0 Å². The molecular weight excluding hydrogens is 590 g/mol. The van der Waals surface area contributed by atoms with Crippen LogP contribution in [-0.4, -0.2) is 35.6 Å². The van der Waals surface area contributed by atoms with Crippen LogP contribution in [0.4, 0.5) is 26.3 Å². The van der Waals surface area contributed by atoms with Gasteiger partial charge in [-0.1, -0.05) is 48.5 Å². The molecule has 2 saturated heterocycles. The first-order chi connectivity index (χ1) is 20.7. The molecule has 0 unspecified atom stereocenters. The number of nitrogens with one attached hydrogen (secondary N) is 1. The SMILES string of the molecule is C[C@@H](OC[C@@]1(c2ccccc2)CC[C@]2(CCC(=O)N2)CN1OC(=O)c1ccccc1)c1cc(C(F)(F)F)cc(C(F)(F)F)c1. The van der Waals surface area contributed by atoms with Gasteiger partial charge in [0.25, 0.3) is 0 Å². The highest BCUT2D eigenvalue weighted by molar-refractivity contribution is 5.89. The number of halogens is 6. The highest BCUT2D eigenvalue weighted by atomic mass is 19.4. The number of ether oxygens (including phenoxy) is 1. The normalized spacial score (nSPS) is 23.4. The van der Waals surface area contributed by atoms with Crippen LogP contribution in [0.3, 0.4) is 0 Å². The monoisotopic (exact) mass is 620 g/mol. The summed E-state index contributed by atoms with van der Waals surface area (Å²) in [7, 11) is 0. The fourth-order valence-electron chi connectivity index (χ4n) is 5.84. The lowest BCUT2D eigenvalue weighted by molar-refractivity contribution is -0.232. The molecular formula is C32H30F6N2O4. The standard InChI is InChI=1S/C32H30F6N2O4/c1-21(23-16-25(31(33,34)35)18-26(17-23)32(36,37)38)43-20-30(24-10-6-3-7-11-24)15-14-29(13-12-27(41)39-29)19-40(30)44-28(42)22-8-4-2-5-9-22/h2-11,16-18,21H,12-15,19-20H2,1H3,(H,39,41)/t21-,29-,30-/m1/s1. The van der Waals surface area contributed by atoms with E-state index in [9.17, 15) is 35.9 Å². The second kappa shape index (κ2) is 11.9. The Morgan fingerprint density at radius 2 is 1.48 bits per heavy atom. The lowest BCUT2D eigenvalue weighted by atomic mass is 9.75. The molecule has 0 aromatic heterocycles. The predicted molar refractivity (Wildman–Crippen MR) is 147 cm³/mol. The van der Waals surface area contributed by atoms with Gasteiger partial charge in [-0.2, -0.15) is 26.3 Å². The summed E-state index contributed by atoms with van der Waals surface area (Å²) in [4.78, 5) is 31.6. The Morgan fingerprint density at radius 3 is 2.02 bits per heavy atom. The van der Waals surface area contributed by atoms with Gasteiger partial charge in [0, 0.05) is 6.42 Å². The molecule has 3 aromatic carbocycles. The van der Waals surface area contributed by atoms with Crippen LogP contribution in [0.25, 0.3) is 0 Å². The lowest BCUT2D eigenvalue weighted by Gasteiger charge is -2.51. The van der Waals surface area contributed by atoms with Crippen molar-refractivity contribution >= 4 is 11.9 Å². The van der Waals surface area contributed by atoms with E-state index in [2.05, 4.69) is 5.32 Å². The van der Waals surface area contributed by atoms with E-state index in [0.717, 1.165) is 0 Å². The molecule has 2 aliphatic heterocycles. The quantitative estimate of drug-likeness (QED) is 0.283. The second-order valence-electron chi connectivity index (χ2n) is 11.3. The van der Waals surface area contributed by atoms with Crippen molar-refractivity contribution in [2.75, 3.05) is 13.2 Å². The third kappa shape index (κ3) is 6.61. The Bertz CT molecular complexity index is 1470. The predicted octanol–water partition coefficient (Wildman–Crippen LogP) is 7.21. The first-order valence-electron chi connectivity index (χ1n) is 14.0. The average Bonchev–Trinajstić information content (AvgIpc) is 3.36. The van der Waals surface area contributed by atoms with E-state index in [-0.39, 0.29) is 36.3 Å². The summed E-state index contributed by atoms with van der Waals surface area (Å²) >= 11 is 0. The molecule has 0 saturated carbocycles. The number of carbonyl (C=O) groups excluding carboxylic acids is 2.